The van der Waals surface area contributed by atoms with Gasteiger partial charge in [-0.05, 0) is 89.9 Å². The van der Waals surface area contributed by atoms with Crippen molar-refractivity contribution in [3.63, 3.8) is 0 Å². The summed E-state index contributed by atoms with van der Waals surface area (Å²) in [5, 5.41) is 0. The fourth-order valence-electron chi connectivity index (χ4n) is 8.82. The fraction of sp³-hybridized carbons (Fsp3) is 0.773. The van der Waals surface area contributed by atoms with E-state index in [9.17, 15) is 14.4 Å². The number of allylic oxidation sites excluding steroid dienone is 12. The van der Waals surface area contributed by atoms with Crippen LogP contribution in [0.3, 0.4) is 0 Å². The average Bonchev–Trinajstić information content (AvgIpc) is 3.38. The molecule has 0 aliphatic heterocycles. The third kappa shape index (κ3) is 57.7. The van der Waals surface area contributed by atoms with Crippen molar-refractivity contribution >= 4 is 17.9 Å². The van der Waals surface area contributed by atoms with Crippen LogP contribution < -0.4 is 0 Å². The van der Waals surface area contributed by atoms with E-state index in [4.69, 9.17) is 14.2 Å². The summed E-state index contributed by atoms with van der Waals surface area (Å²) < 4.78 is 16.9. The van der Waals surface area contributed by atoms with Gasteiger partial charge >= 0.3 is 17.9 Å². The molecular weight excluding hydrogens is 889 g/mol. The molecule has 1 atom stereocenters. The van der Waals surface area contributed by atoms with E-state index < -0.39 is 6.10 Å². The van der Waals surface area contributed by atoms with Crippen molar-refractivity contribution < 1.29 is 28.6 Å². The van der Waals surface area contributed by atoms with E-state index >= 15 is 0 Å². The summed E-state index contributed by atoms with van der Waals surface area (Å²) in [5.41, 5.74) is 0. The van der Waals surface area contributed by atoms with Crippen LogP contribution in [0.2, 0.25) is 0 Å². The van der Waals surface area contributed by atoms with E-state index in [-0.39, 0.29) is 31.1 Å². The highest BCUT2D eigenvalue weighted by atomic mass is 16.6. The SMILES string of the molecule is CC/C=C\C/C=C\C/C=C\CCCCCCCCCC(=O)OC(COC(=O)CCCCCCCCCC/C=C\C/C=C\C/C=C\CCCCCCC)COC(=O)CCCCCCCCCCCCCCCC. The summed E-state index contributed by atoms with van der Waals surface area (Å²) in [7, 11) is 0. The van der Waals surface area contributed by atoms with Gasteiger partial charge in [-0.25, -0.2) is 0 Å². The highest BCUT2D eigenvalue weighted by Gasteiger charge is 2.19. The van der Waals surface area contributed by atoms with Crippen molar-refractivity contribution in [2.75, 3.05) is 13.2 Å². The van der Waals surface area contributed by atoms with E-state index in [1.165, 1.54) is 167 Å². The Morgan fingerprint density at radius 1 is 0.292 bits per heavy atom. The Balaban J connectivity index is 4.35. The summed E-state index contributed by atoms with van der Waals surface area (Å²) in [6.07, 6.45) is 77.5. The van der Waals surface area contributed by atoms with Gasteiger partial charge in [0.1, 0.15) is 13.2 Å². The van der Waals surface area contributed by atoms with Gasteiger partial charge in [0.15, 0.2) is 6.10 Å². The smallest absolute Gasteiger partial charge is 0.306 e. The molecule has 0 heterocycles. The summed E-state index contributed by atoms with van der Waals surface area (Å²) in [6.45, 7) is 6.54. The molecule has 0 aliphatic rings. The summed E-state index contributed by atoms with van der Waals surface area (Å²) in [6, 6.07) is 0. The Bertz CT molecular complexity index is 1340. The lowest BCUT2D eigenvalue weighted by Gasteiger charge is -2.18. The average molecular weight is 1010 g/mol. The number of ether oxygens (including phenoxy) is 3. The fourth-order valence-corrected chi connectivity index (χ4v) is 8.82. The maximum atomic E-state index is 12.9. The van der Waals surface area contributed by atoms with Gasteiger partial charge in [0.2, 0.25) is 0 Å². The van der Waals surface area contributed by atoms with E-state index in [0.29, 0.717) is 19.3 Å². The molecule has 0 saturated carbocycles. The molecular formula is C66H116O6. The minimum atomic E-state index is -0.783. The molecule has 0 saturated heterocycles. The molecule has 0 aromatic heterocycles. The van der Waals surface area contributed by atoms with E-state index in [0.717, 1.165) is 103 Å². The lowest BCUT2D eigenvalue weighted by molar-refractivity contribution is -0.167. The molecule has 0 aromatic carbocycles. The van der Waals surface area contributed by atoms with Crippen LogP contribution in [0.1, 0.15) is 310 Å². The zero-order valence-electron chi connectivity index (χ0n) is 47.7. The Kier molecular flexibility index (Phi) is 57.8. The normalized spacial score (nSPS) is 12.5. The third-order valence-electron chi connectivity index (χ3n) is 13.4. The predicted octanol–water partition coefficient (Wildman–Crippen LogP) is 20.9. The van der Waals surface area contributed by atoms with Crippen LogP contribution in [0.5, 0.6) is 0 Å². The van der Waals surface area contributed by atoms with Gasteiger partial charge in [-0.1, -0.05) is 273 Å². The molecule has 72 heavy (non-hydrogen) atoms. The number of carbonyl (C=O) groups is 3. The molecule has 6 heteroatoms. The van der Waals surface area contributed by atoms with Gasteiger partial charge < -0.3 is 14.2 Å². The molecule has 0 aliphatic carbocycles. The van der Waals surface area contributed by atoms with Crippen LogP contribution in [-0.2, 0) is 28.6 Å². The van der Waals surface area contributed by atoms with Crippen molar-refractivity contribution in [3.8, 4) is 0 Å². The maximum Gasteiger partial charge on any atom is 0.306 e. The number of hydrogen-bond acceptors (Lipinski definition) is 6. The zero-order chi connectivity index (χ0) is 52.2. The molecule has 0 bridgehead atoms. The Morgan fingerprint density at radius 3 is 0.847 bits per heavy atom. The molecule has 0 rings (SSSR count). The van der Waals surface area contributed by atoms with Crippen molar-refractivity contribution in [2.24, 2.45) is 0 Å². The van der Waals surface area contributed by atoms with Gasteiger partial charge in [-0.2, -0.15) is 0 Å². The van der Waals surface area contributed by atoms with Crippen LogP contribution in [0.4, 0.5) is 0 Å². The first-order valence-electron chi connectivity index (χ1n) is 30.9. The van der Waals surface area contributed by atoms with Crippen LogP contribution in [0, 0.1) is 0 Å². The minimum absolute atomic E-state index is 0.0793. The first kappa shape index (κ1) is 68.8. The Labute approximate surface area is 446 Å². The van der Waals surface area contributed by atoms with Gasteiger partial charge in [-0.15, -0.1) is 0 Å². The molecule has 0 spiro atoms. The zero-order valence-corrected chi connectivity index (χ0v) is 47.7. The first-order chi connectivity index (χ1) is 35.5. The van der Waals surface area contributed by atoms with Gasteiger partial charge in [0, 0.05) is 19.3 Å². The van der Waals surface area contributed by atoms with Gasteiger partial charge in [0.25, 0.3) is 0 Å². The number of unbranched alkanes of at least 4 members (excludes halogenated alkanes) is 33. The number of esters is 3. The van der Waals surface area contributed by atoms with Crippen molar-refractivity contribution in [1.29, 1.82) is 0 Å². The summed E-state index contributed by atoms with van der Waals surface area (Å²) >= 11 is 0. The van der Waals surface area contributed by atoms with E-state index in [2.05, 4.69) is 93.7 Å². The summed E-state index contributed by atoms with van der Waals surface area (Å²) in [5.74, 6) is -0.883. The lowest BCUT2D eigenvalue weighted by Crippen LogP contribution is -2.30. The van der Waals surface area contributed by atoms with Crippen molar-refractivity contribution in [3.05, 3.63) is 72.9 Å². The maximum absolute atomic E-state index is 12.9. The molecule has 0 aromatic rings. The molecule has 1 unspecified atom stereocenters. The number of rotatable bonds is 56. The molecule has 0 N–H and O–H groups in total. The second kappa shape index (κ2) is 60.4. The quantitative estimate of drug-likeness (QED) is 0.0261. The topological polar surface area (TPSA) is 78.9 Å². The predicted molar refractivity (Wildman–Crippen MR) is 311 cm³/mol. The first-order valence-corrected chi connectivity index (χ1v) is 30.9. The molecule has 0 amide bonds. The van der Waals surface area contributed by atoms with Gasteiger partial charge in [0.05, 0.1) is 0 Å². The van der Waals surface area contributed by atoms with Gasteiger partial charge in [-0.3, -0.25) is 14.4 Å². The molecule has 416 valence electrons. The van der Waals surface area contributed by atoms with Crippen molar-refractivity contribution in [1.82, 2.24) is 0 Å². The van der Waals surface area contributed by atoms with Crippen LogP contribution >= 0.6 is 0 Å². The highest BCUT2D eigenvalue weighted by molar-refractivity contribution is 5.71. The number of carbonyl (C=O) groups excluding carboxylic acids is 3. The molecule has 6 nitrogen and oxygen atoms in total. The lowest BCUT2D eigenvalue weighted by atomic mass is 10.0. The monoisotopic (exact) mass is 1000 g/mol. The Hall–Kier alpha value is -3.15. The van der Waals surface area contributed by atoms with Crippen LogP contribution in [0.25, 0.3) is 0 Å². The van der Waals surface area contributed by atoms with E-state index in [1.54, 1.807) is 0 Å². The Morgan fingerprint density at radius 2 is 0.542 bits per heavy atom. The molecule has 0 radical (unpaired) electrons. The van der Waals surface area contributed by atoms with E-state index in [1.807, 2.05) is 0 Å². The minimum Gasteiger partial charge on any atom is -0.462 e. The van der Waals surface area contributed by atoms with Crippen LogP contribution in [-0.4, -0.2) is 37.2 Å². The van der Waals surface area contributed by atoms with Crippen molar-refractivity contribution in [2.45, 2.75) is 316 Å². The second-order valence-electron chi connectivity index (χ2n) is 20.6. The highest BCUT2D eigenvalue weighted by Crippen LogP contribution is 2.16. The third-order valence-corrected chi connectivity index (χ3v) is 13.4. The number of hydrogen-bond donors (Lipinski definition) is 0. The molecule has 0 fully saturated rings. The summed E-state index contributed by atoms with van der Waals surface area (Å²) in [4.78, 5) is 38.3. The second-order valence-corrected chi connectivity index (χ2v) is 20.6. The standard InChI is InChI=1S/C66H116O6/c1-4-7-10-13-16-19-22-25-28-30-31-32-33-34-35-37-38-41-44-47-50-53-56-59-65(68)71-62-63(61-70-64(67)58-55-52-49-46-43-40-27-24-21-18-15-12-9-6-3)72-66(69)60-57-54-51-48-45-42-39-36-29-26-23-20-17-14-11-8-5-2/h8,11,17,20,22,25-26,29-31,33-34,63H,4-7,9-10,12-16,18-19,21,23-24,27-28,32,35-62H2,1-3H3/b11-8-,20-17-,25-22-,29-26-,31-30-,34-33-. The largest absolute Gasteiger partial charge is 0.462 e. The van der Waals surface area contributed by atoms with Crippen LogP contribution in [0.15, 0.2) is 72.9 Å².